The lowest BCUT2D eigenvalue weighted by Gasteiger charge is -2.08. The molecule has 0 bridgehead atoms. The predicted octanol–water partition coefficient (Wildman–Crippen LogP) is 4.38. The Hall–Kier alpha value is -1.86. The van der Waals surface area contributed by atoms with Crippen LogP contribution in [0, 0.1) is 24.1 Å². The molecule has 19 heavy (non-hydrogen) atoms. The van der Waals surface area contributed by atoms with E-state index in [1.165, 1.54) is 12.1 Å². The van der Waals surface area contributed by atoms with Gasteiger partial charge < -0.3 is 5.32 Å². The fourth-order valence-electron chi connectivity index (χ4n) is 1.86. The summed E-state index contributed by atoms with van der Waals surface area (Å²) in [6.07, 6.45) is 0. The third kappa shape index (κ3) is 3.80. The van der Waals surface area contributed by atoms with Gasteiger partial charge >= 0.3 is 0 Å². The van der Waals surface area contributed by atoms with Crippen LogP contribution in [-0.2, 0) is 6.54 Å². The molecule has 2 rings (SSSR count). The standard InChI is InChI=1S/C15H12BrFN2/c1-10-2-13(16)7-15(3-10)19-9-12-4-11(8-18)5-14(17)6-12/h2-7,19H,9H2,1H3. The van der Waals surface area contributed by atoms with Crippen LogP contribution < -0.4 is 5.32 Å². The summed E-state index contributed by atoms with van der Waals surface area (Å²) in [6.45, 7) is 2.48. The Balaban J connectivity index is 2.14. The van der Waals surface area contributed by atoms with E-state index < -0.39 is 0 Å². The molecule has 0 amide bonds. The van der Waals surface area contributed by atoms with Crippen LogP contribution in [-0.4, -0.2) is 0 Å². The van der Waals surface area contributed by atoms with Crippen molar-refractivity contribution in [1.29, 1.82) is 5.26 Å². The zero-order valence-electron chi connectivity index (χ0n) is 10.4. The summed E-state index contributed by atoms with van der Waals surface area (Å²) < 4.78 is 14.3. The molecule has 2 aromatic rings. The van der Waals surface area contributed by atoms with Crippen LogP contribution in [0.2, 0.25) is 0 Å². The minimum Gasteiger partial charge on any atom is -0.381 e. The maximum Gasteiger partial charge on any atom is 0.124 e. The number of nitrogens with zero attached hydrogens (tertiary/aromatic N) is 1. The monoisotopic (exact) mass is 318 g/mol. The van der Waals surface area contributed by atoms with Crippen molar-refractivity contribution >= 4 is 21.6 Å². The lowest BCUT2D eigenvalue weighted by molar-refractivity contribution is 0.625. The third-order valence-electron chi connectivity index (χ3n) is 2.63. The van der Waals surface area contributed by atoms with Crippen molar-refractivity contribution in [3.8, 4) is 6.07 Å². The van der Waals surface area contributed by atoms with E-state index in [1.807, 2.05) is 31.2 Å². The summed E-state index contributed by atoms with van der Waals surface area (Å²) in [7, 11) is 0. The third-order valence-corrected chi connectivity index (χ3v) is 3.08. The molecule has 0 radical (unpaired) electrons. The quantitative estimate of drug-likeness (QED) is 0.911. The van der Waals surface area contributed by atoms with E-state index in [-0.39, 0.29) is 5.82 Å². The van der Waals surface area contributed by atoms with Crippen molar-refractivity contribution in [2.24, 2.45) is 0 Å². The minimum absolute atomic E-state index is 0.335. The number of benzene rings is 2. The van der Waals surface area contributed by atoms with Gasteiger partial charge in [-0.2, -0.15) is 5.26 Å². The predicted molar refractivity (Wildman–Crippen MR) is 77.3 cm³/mol. The molecule has 0 unspecified atom stereocenters. The van der Waals surface area contributed by atoms with Crippen molar-refractivity contribution in [2.75, 3.05) is 5.32 Å². The fourth-order valence-corrected chi connectivity index (χ4v) is 2.47. The molecule has 1 N–H and O–H groups in total. The number of aryl methyl sites for hydroxylation is 1. The van der Waals surface area contributed by atoms with E-state index in [9.17, 15) is 4.39 Å². The molecule has 2 nitrogen and oxygen atoms in total. The number of hydrogen-bond donors (Lipinski definition) is 1. The molecule has 4 heteroatoms. The van der Waals surface area contributed by atoms with Gasteiger partial charge in [0.25, 0.3) is 0 Å². The Kier molecular flexibility index (Phi) is 4.18. The maximum atomic E-state index is 13.3. The molecule has 0 aliphatic heterocycles. The van der Waals surface area contributed by atoms with Gasteiger partial charge in [-0.25, -0.2) is 4.39 Å². The van der Waals surface area contributed by atoms with Gasteiger partial charge in [0.2, 0.25) is 0 Å². The molecule has 0 aliphatic carbocycles. The van der Waals surface area contributed by atoms with E-state index in [2.05, 4.69) is 21.2 Å². The molecule has 0 aliphatic rings. The molecule has 0 saturated carbocycles. The van der Waals surface area contributed by atoms with Gasteiger partial charge in [0.15, 0.2) is 0 Å². The van der Waals surface area contributed by atoms with Gasteiger partial charge in [-0.3, -0.25) is 0 Å². The Morgan fingerprint density at radius 1 is 1.21 bits per heavy atom. The van der Waals surface area contributed by atoms with Crippen LogP contribution in [0.4, 0.5) is 10.1 Å². The van der Waals surface area contributed by atoms with Crippen LogP contribution in [0.3, 0.4) is 0 Å². The molecule has 0 spiro atoms. The molecule has 96 valence electrons. The van der Waals surface area contributed by atoms with Gasteiger partial charge in [0, 0.05) is 16.7 Å². The summed E-state index contributed by atoms with van der Waals surface area (Å²) in [4.78, 5) is 0. The van der Waals surface area contributed by atoms with Crippen molar-refractivity contribution in [1.82, 2.24) is 0 Å². The Morgan fingerprint density at radius 2 is 2.00 bits per heavy atom. The zero-order valence-corrected chi connectivity index (χ0v) is 12.0. The number of nitriles is 1. The Morgan fingerprint density at radius 3 is 2.68 bits per heavy atom. The SMILES string of the molecule is Cc1cc(Br)cc(NCc2cc(F)cc(C#N)c2)c1. The van der Waals surface area contributed by atoms with Crippen molar-refractivity contribution < 1.29 is 4.39 Å². The number of nitrogens with one attached hydrogen (secondary N) is 1. The molecule has 0 aromatic heterocycles. The largest absolute Gasteiger partial charge is 0.381 e. The minimum atomic E-state index is -0.388. The molecule has 0 atom stereocenters. The number of rotatable bonds is 3. The van der Waals surface area contributed by atoms with Crippen molar-refractivity contribution in [2.45, 2.75) is 13.5 Å². The maximum absolute atomic E-state index is 13.3. The molecular weight excluding hydrogens is 307 g/mol. The first-order chi connectivity index (χ1) is 9.06. The second kappa shape index (κ2) is 5.85. The van der Waals surface area contributed by atoms with E-state index in [1.54, 1.807) is 6.07 Å². The van der Waals surface area contributed by atoms with Gasteiger partial charge in [-0.15, -0.1) is 0 Å². The van der Waals surface area contributed by atoms with Crippen molar-refractivity contribution in [3.63, 3.8) is 0 Å². The highest BCUT2D eigenvalue weighted by molar-refractivity contribution is 9.10. The topological polar surface area (TPSA) is 35.8 Å². The summed E-state index contributed by atoms with van der Waals surface area (Å²) in [6, 6.07) is 12.3. The van der Waals surface area contributed by atoms with E-state index in [0.717, 1.165) is 21.3 Å². The van der Waals surface area contributed by atoms with E-state index in [0.29, 0.717) is 12.1 Å². The van der Waals surface area contributed by atoms with Gasteiger partial charge in [-0.1, -0.05) is 15.9 Å². The normalized spacial score (nSPS) is 10.0. The van der Waals surface area contributed by atoms with E-state index >= 15 is 0 Å². The van der Waals surface area contributed by atoms with Crippen LogP contribution in [0.1, 0.15) is 16.7 Å². The van der Waals surface area contributed by atoms with Gasteiger partial charge in [0.05, 0.1) is 11.6 Å². The highest BCUT2D eigenvalue weighted by atomic mass is 79.9. The smallest absolute Gasteiger partial charge is 0.124 e. The summed E-state index contributed by atoms with van der Waals surface area (Å²) in [5.41, 5.74) is 3.17. The van der Waals surface area contributed by atoms with Crippen molar-refractivity contribution in [3.05, 3.63) is 63.4 Å². The first kappa shape index (κ1) is 13.6. The van der Waals surface area contributed by atoms with Crippen LogP contribution in [0.5, 0.6) is 0 Å². The number of hydrogen-bond acceptors (Lipinski definition) is 2. The Bertz CT molecular complexity index is 627. The zero-order chi connectivity index (χ0) is 13.8. The highest BCUT2D eigenvalue weighted by Gasteiger charge is 2.01. The first-order valence-corrected chi connectivity index (χ1v) is 6.57. The summed E-state index contributed by atoms with van der Waals surface area (Å²) >= 11 is 3.43. The van der Waals surface area contributed by atoms with Gasteiger partial charge in [-0.05, 0) is 54.4 Å². The second-order valence-electron chi connectivity index (χ2n) is 4.33. The average molecular weight is 319 g/mol. The van der Waals surface area contributed by atoms with Crippen LogP contribution in [0.25, 0.3) is 0 Å². The molecule has 0 heterocycles. The average Bonchev–Trinajstić information content (AvgIpc) is 2.34. The van der Waals surface area contributed by atoms with E-state index in [4.69, 9.17) is 5.26 Å². The summed E-state index contributed by atoms with van der Waals surface area (Å²) in [5.74, 6) is -0.388. The number of anilines is 1. The second-order valence-corrected chi connectivity index (χ2v) is 5.25. The Labute approximate surface area is 120 Å². The van der Waals surface area contributed by atoms with Crippen LogP contribution in [0.15, 0.2) is 40.9 Å². The molecule has 0 fully saturated rings. The molecule has 0 saturated heterocycles. The lowest BCUT2D eigenvalue weighted by atomic mass is 10.1. The molecule has 2 aromatic carbocycles. The number of halogens is 2. The highest BCUT2D eigenvalue weighted by Crippen LogP contribution is 2.20. The fraction of sp³-hybridized carbons (Fsp3) is 0.133. The lowest BCUT2D eigenvalue weighted by Crippen LogP contribution is -2.00. The van der Waals surface area contributed by atoms with Crippen LogP contribution >= 0.6 is 15.9 Å². The first-order valence-electron chi connectivity index (χ1n) is 5.77. The van der Waals surface area contributed by atoms with Gasteiger partial charge in [0.1, 0.15) is 5.82 Å². The molecular formula is C15H12BrFN2. The summed E-state index contributed by atoms with van der Waals surface area (Å²) in [5, 5.41) is 12.0.